The average Bonchev–Trinajstić information content (AvgIpc) is 2.65. The summed E-state index contributed by atoms with van der Waals surface area (Å²) in [6.45, 7) is 0. The lowest BCUT2D eigenvalue weighted by molar-refractivity contribution is -2.00. The highest BCUT2D eigenvalue weighted by Gasteiger charge is 2.36. The van der Waals surface area contributed by atoms with Crippen LogP contribution < -0.4 is 18.6 Å². The summed E-state index contributed by atoms with van der Waals surface area (Å²) < 4.78 is 34.0. The summed E-state index contributed by atoms with van der Waals surface area (Å²) in [7, 11) is -4.94. The van der Waals surface area contributed by atoms with E-state index in [1.54, 1.807) is 0 Å². The van der Waals surface area contributed by atoms with Gasteiger partial charge < -0.3 is 0 Å². The molecule has 4 aliphatic rings. The minimum Gasteiger partial charge on any atom is -0.222 e. The van der Waals surface area contributed by atoms with Gasteiger partial charge in [0.2, 0.25) is 0 Å². The summed E-state index contributed by atoms with van der Waals surface area (Å²) in [4.78, 5) is 0. The Morgan fingerprint density at radius 3 is 2.04 bits per heavy atom. The first kappa shape index (κ1) is 16.1. The van der Waals surface area contributed by atoms with E-state index in [4.69, 9.17) is 18.6 Å². The van der Waals surface area contributed by atoms with Crippen molar-refractivity contribution in [1.29, 1.82) is 0 Å². The molecule has 4 rings (SSSR count). The summed E-state index contributed by atoms with van der Waals surface area (Å²) in [6, 6.07) is 0. The summed E-state index contributed by atoms with van der Waals surface area (Å²) in [5, 5.41) is 0. The molecule has 118 valence electrons. The van der Waals surface area contributed by atoms with E-state index in [2.05, 4.69) is 67.2 Å². The van der Waals surface area contributed by atoms with Crippen molar-refractivity contribution in [3.05, 3.63) is 89.5 Å². The molecule has 4 aliphatic carbocycles. The van der Waals surface area contributed by atoms with Crippen LogP contribution in [-0.2, 0) is 0 Å². The van der Waals surface area contributed by atoms with E-state index in [1.165, 1.54) is 28.7 Å². The molecule has 0 saturated carbocycles. The molecule has 2 unspecified atom stereocenters. The Morgan fingerprint density at radius 1 is 0.826 bits per heavy atom. The van der Waals surface area contributed by atoms with Gasteiger partial charge in [-0.1, -0.05) is 30.4 Å². The highest BCUT2D eigenvalue weighted by Crippen LogP contribution is 2.47. The molecule has 0 aromatic carbocycles. The molecule has 0 amide bonds. The van der Waals surface area contributed by atoms with E-state index in [0.29, 0.717) is 11.8 Å². The Morgan fingerprint density at radius 2 is 1.39 bits per heavy atom. The van der Waals surface area contributed by atoms with Crippen LogP contribution in [0.25, 0.3) is 0 Å². The van der Waals surface area contributed by atoms with Crippen molar-refractivity contribution in [3.8, 4) is 0 Å². The standard InChI is InChI=1S/C18H15.ClHO4/c1-2-6-13-10-15-8-4-5-9-16-11-14(7-3-1)17(13)12-18(15)16;2-1(3,4)5/h1-11,17-18H,12H2;(H,2,3,4,5)/q+1;/p-1. The minimum absolute atomic E-state index is 0.587. The third kappa shape index (κ3) is 3.93. The molecule has 0 aromatic rings. The Kier molecular flexibility index (Phi) is 4.43. The van der Waals surface area contributed by atoms with Crippen molar-refractivity contribution in [1.82, 2.24) is 0 Å². The van der Waals surface area contributed by atoms with Crippen LogP contribution in [0.15, 0.2) is 83.1 Å². The van der Waals surface area contributed by atoms with Gasteiger partial charge >= 0.3 is 0 Å². The van der Waals surface area contributed by atoms with Crippen molar-refractivity contribution < 1.29 is 28.9 Å². The average molecular weight is 331 g/mol. The van der Waals surface area contributed by atoms with Crippen LogP contribution >= 0.6 is 0 Å². The first-order valence-corrected chi connectivity index (χ1v) is 8.47. The van der Waals surface area contributed by atoms with Gasteiger partial charge in [-0.05, 0) is 29.2 Å². The zero-order chi connectivity index (χ0) is 16.4. The quantitative estimate of drug-likeness (QED) is 0.559. The molecule has 0 heterocycles. The smallest absolute Gasteiger partial charge is 0.0554 e. The summed E-state index contributed by atoms with van der Waals surface area (Å²) in [5.74, 6) is 1.19. The Hall–Kier alpha value is -1.82. The van der Waals surface area contributed by atoms with Crippen LogP contribution in [0.4, 0.5) is 0 Å². The third-order valence-electron chi connectivity index (χ3n) is 4.24. The van der Waals surface area contributed by atoms with Crippen molar-refractivity contribution in [2.24, 2.45) is 11.8 Å². The monoisotopic (exact) mass is 330 g/mol. The molecule has 2 atom stereocenters. The molecule has 0 spiro atoms. The second kappa shape index (κ2) is 6.35. The van der Waals surface area contributed by atoms with Gasteiger partial charge in [0.1, 0.15) is 0 Å². The van der Waals surface area contributed by atoms with Gasteiger partial charge in [-0.15, -0.1) is 10.2 Å². The SMILES string of the molecule is C1=C[CH+]C=C2C=C3C=CC=CC4=CC(=C1)C2CC43.[O-][Cl+3]([O-])([O-])[O-]. The fraction of sp³-hybridized carbons (Fsp3) is 0.167. The molecule has 5 heteroatoms. The maximum absolute atomic E-state index is 8.49. The molecular formula is C18H15ClO4. The molecule has 23 heavy (non-hydrogen) atoms. The highest BCUT2D eigenvalue weighted by molar-refractivity contribution is 5.56. The molecule has 0 aliphatic heterocycles. The van der Waals surface area contributed by atoms with Crippen molar-refractivity contribution in [2.45, 2.75) is 6.42 Å². The van der Waals surface area contributed by atoms with Crippen LogP contribution in [0.1, 0.15) is 6.42 Å². The molecule has 0 radical (unpaired) electrons. The van der Waals surface area contributed by atoms with Gasteiger partial charge in [0.05, 0.1) is 12.0 Å². The highest BCUT2D eigenvalue weighted by atomic mass is 35.7. The molecule has 0 fully saturated rings. The van der Waals surface area contributed by atoms with Crippen molar-refractivity contribution >= 4 is 0 Å². The number of allylic oxidation sites excluding steroid dienone is 14. The topological polar surface area (TPSA) is 92.2 Å². The van der Waals surface area contributed by atoms with Crippen LogP contribution in [0, 0.1) is 28.5 Å². The molecule has 2 bridgehead atoms. The zero-order valence-corrected chi connectivity index (χ0v) is 13.0. The molecule has 0 saturated heterocycles. The van der Waals surface area contributed by atoms with Gasteiger partial charge in [0.25, 0.3) is 0 Å². The molecule has 0 aromatic heterocycles. The van der Waals surface area contributed by atoms with E-state index < -0.39 is 10.2 Å². The number of hydrogen-bond acceptors (Lipinski definition) is 4. The number of hydrogen-bond donors (Lipinski definition) is 0. The second-order valence-corrected chi connectivity index (χ2v) is 6.39. The van der Waals surface area contributed by atoms with Crippen molar-refractivity contribution in [3.63, 3.8) is 0 Å². The lowest BCUT2D eigenvalue weighted by Crippen LogP contribution is -2.68. The van der Waals surface area contributed by atoms with Crippen LogP contribution in [0.3, 0.4) is 0 Å². The maximum Gasteiger partial charge on any atom is 0.0554 e. The predicted molar refractivity (Wildman–Crippen MR) is 75.6 cm³/mol. The van der Waals surface area contributed by atoms with Crippen LogP contribution in [0.2, 0.25) is 0 Å². The van der Waals surface area contributed by atoms with Gasteiger partial charge in [0, 0.05) is 36.1 Å². The normalized spacial score (nSPS) is 27.0. The summed E-state index contributed by atoms with van der Waals surface area (Å²) in [5.41, 5.74) is 5.84. The van der Waals surface area contributed by atoms with Crippen LogP contribution in [-0.4, -0.2) is 0 Å². The third-order valence-corrected chi connectivity index (χ3v) is 4.24. The van der Waals surface area contributed by atoms with E-state index in [1.807, 2.05) is 0 Å². The summed E-state index contributed by atoms with van der Waals surface area (Å²) in [6.07, 6.45) is 25.8. The largest absolute Gasteiger partial charge is 0.222 e. The predicted octanol–water partition coefficient (Wildman–Crippen LogP) is -0.514. The van der Waals surface area contributed by atoms with Crippen molar-refractivity contribution in [2.75, 3.05) is 0 Å². The molecule has 4 nitrogen and oxygen atoms in total. The van der Waals surface area contributed by atoms with E-state index >= 15 is 0 Å². The lowest BCUT2D eigenvalue weighted by Gasteiger charge is -2.34. The van der Waals surface area contributed by atoms with Gasteiger partial charge in [-0.3, -0.25) is 0 Å². The first-order chi connectivity index (χ1) is 10.9. The van der Waals surface area contributed by atoms with Crippen LogP contribution in [0.5, 0.6) is 0 Å². The second-order valence-electron chi connectivity index (χ2n) is 5.64. The Labute approximate surface area is 137 Å². The minimum atomic E-state index is -4.94. The van der Waals surface area contributed by atoms with Gasteiger partial charge in [0.15, 0.2) is 0 Å². The maximum atomic E-state index is 8.49. The fourth-order valence-corrected chi connectivity index (χ4v) is 3.34. The Balaban J connectivity index is 0.000000276. The Bertz CT molecular complexity index is 693. The molecular weight excluding hydrogens is 316 g/mol. The van der Waals surface area contributed by atoms with E-state index in [9.17, 15) is 0 Å². The van der Waals surface area contributed by atoms with Gasteiger partial charge in [-0.2, -0.15) is 0 Å². The summed E-state index contributed by atoms with van der Waals surface area (Å²) >= 11 is 0. The first-order valence-electron chi connectivity index (χ1n) is 7.23. The number of rotatable bonds is 0. The zero-order valence-electron chi connectivity index (χ0n) is 12.2. The van der Waals surface area contributed by atoms with E-state index in [0.717, 1.165) is 0 Å². The fourth-order valence-electron chi connectivity index (χ4n) is 3.34. The lowest BCUT2D eigenvalue weighted by atomic mass is 9.67. The van der Waals surface area contributed by atoms with E-state index in [-0.39, 0.29) is 0 Å². The molecule has 0 N–H and O–H groups in total. The van der Waals surface area contributed by atoms with Gasteiger partial charge in [-0.25, -0.2) is 18.6 Å². The number of halogens is 1.